The zero-order valence-electron chi connectivity index (χ0n) is 13.6. The van der Waals surface area contributed by atoms with Crippen molar-refractivity contribution >= 4 is 11.8 Å². The zero-order valence-corrected chi connectivity index (χ0v) is 13.6. The fourth-order valence-corrected chi connectivity index (χ4v) is 3.56. The highest BCUT2D eigenvalue weighted by Gasteiger charge is 2.69. The first kappa shape index (κ1) is 15.7. The Kier molecular flexibility index (Phi) is 3.53. The van der Waals surface area contributed by atoms with Gasteiger partial charge in [-0.1, -0.05) is 42.3 Å². The molecule has 2 aromatic carbocycles. The van der Waals surface area contributed by atoms with Crippen LogP contribution in [0.25, 0.3) is 0 Å². The standard InChI is InChI=1S/C20H17NO4/c1-3-16-18-20(25-18,13(2)22)15-11-7-8-12-17(15)21(16)19(23)24-14-9-5-4-6-10-14/h1,4-13,16,18,22H,2H3. The maximum absolute atomic E-state index is 12.8. The molecule has 0 radical (unpaired) electrons. The van der Waals surface area contributed by atoms with Crippen molar-refractivity contribution in [3.8, 4) is 18.1 Å². The number of carbonyl (C=O) groups excluding carboxylic acids is 1. The molecule has 2 aliphatic heterocycles. The van der Waals surface area contributed by atoms with Gasteiger partial charge in [-0.2, -0.15) is 0 Å². The molecular weight excluding hydrogens is 318 g/mol. The van der Waals surface area contributed by atoms with Crippen LogP contribution < -0.4 is 9.64 Å². The van der Waals surface area contributed by atoms with Gasteiger partial charge < -0.3 is 14.6 Å². The van der Waals surface area contributed by atoms with E-state index in [2.05, 4.69) is 5.92 Å². The number of aliphatic hydroxyl groups is 1. The summed E-state index contributed by atoms with van der Waals surface area (Å²) in [7, 11) is 0. The van der Waals surface area contributed by atoms with Gasteiger partial charge in [0.15, 0.2) is 5.60 Å². The Morgan fingerprint density at radius 2 is 1.96 bits per heavy atom. The number of amides is 1. The Morgan fingerprint density at radius 1 is 1.28 bits per heavy atom. The summed E-state index contributed by atoms with van der Waals surface area (Å²) < 4.78 is 11.3. The third kappa shape index (κ3) is 2.23. The summed E-state index contributed by atoms with van der Waals surface area (Å²) in [6.07, 6.45) is 3.91. The van der Waals surface area contributed by atoms with E-state index in [0.717, 1.165) is 5.56 Å². The summed E-state index contributed by atoms with van der Waals surface area (Å²) in [5.41, 5.74) is 0.476. The lowest BCUT2D eigenvalue weighted by atomic mass is 9.82. The van der Waals surface area contributed by atoms with E-state index in [-0.39, 0.29) is 0 Å². The number of aliphatic hydroxyl groups excluding tert-OH is 1. The minimum Gasteiger partial charge on any atom is -0.410 e. The zero-order chi connectivity index (χ0) is 17.6. The van der Waals surface area contributed by atoms with Crippen molar-refractivity contribution < 1.29 is 19.4 Å². The van der Waals surface area contributed by atoms with Crippen LogP contribution in [0.3, 0.4) is 0 Å². The van der Waals surface area contributed by atoms with E-state index in [1.165, 1.54) is 4.90 Å². The van der Waals surface area contributed by atoms with Crippen LogP contribution in [0.4, 0.5) is 10.5 Å². The highest BCUT2D eigenvalue weighted by molar-refractivity contribution is 5.93. The summed E-state index contributed by atoms with van der Waals surface area (Å²) in [5, 5.41) is 10.3. The summed E-state index contributed by atoms with van der Waals surface area (Å²) in [5.74, 6) is 3.06. The van der Waals surface area contributed by atoms with Crippen molar-refractivity contribution in [2.24, 2.45) is 0 Å². The van der Waals surface area contributed by atoms with E-state index < -0.39 is 29.9 Å². The fraction of sp³-hybridized carbons (Fsp3) is 0.250. The largest absolute Gasteiger partial charge is 0.420 e. The van der Waals surface area contributed by atoms with Crippen molar-refractivity contribution in [2.45, 2.75) is 30.8 Å². The number of terminal acetylenes is 1. The third-order valence-electron chi connectivity index (χ3n) is 4.77. The van der Waals surface area contributed by atoms with Crippen LogP contribution >= 0.6 is 0 Å². The van der Waals surface area contributed by atoms with E-state index in [4.69, 9.17) is 15.9 Å². The first-order chi connectivity index (χ1) is 12.1. The summed E-state index contributed by atoms with van der Waals surface area (Å²) in [4.78, 5) is 14.3. The van der Waals surface area contributed by atoms with Gasteiger partial charge in [0.2, 0.25) is 0 Å². The molecular formula is C20H17NO4. The Balaban J connectivity index is 1.76. The molecule has 1 amide bonds. The Labute approximate surface area is 145 Å². The maximum Gasteiger partial charge on any atom is 0.420 e. The van der Waals surface area contributed by atoms with Gasteiger partial charge in [0, 0.05) is 5.56 Å². The highest BCUT2D eigenvalue weighted by Crippen LogP contribution is 2.58. The lowest BCUT2D eigenvalue weighted by Gasteiger charge is -2.35. The van der Waals surface area contributed by atoms with Crippen molar-refractivity contribution in [3.63, 3.8) is 0 Å². The lowest BCUT2D eigenvalue weighted by molar-refractivity contribution is 0.0888. The molecule has 5 heteroatoms. The number of carbonyl (C=O) groups is 1. The number of benzene rings is 2. The number of fused-ring (bicyclic) bond motifs is 3. The van der Waals surface area contributed by atoms with Gasteiger partial charge in [-0.15, -0.1) is 6.42 Å². The van der Waals surface area contributed by atoms with E-state index in [1.807, 2.05) is 24.3 Å². The number of nitrogens with zero attached hydrogens (tertiary/aromatic N) is 1. The second-order valence-corrected chi connectivity index (χ2v) is 6.19. The number of hydrogen-bond acceptors (Lipinski definition) is 4. The van der Waals surface area contributed by atoms with Crippen LogP contribution in [-0.2, 0) is 10.3 Å². The van der Waals surface area contributed by atoms with Crippen LogP contribution in [0.5, 0.6) is 5.75 Å². The number of rotatable bonds is 2. The smallest absolute Gasteiger partial charge is 0.410 e. The summed E-state index contributed by atoms with van der Waals surface area (Å²) in [6, 6.07) is 15.5. The second kappa shape index (κ2) is 5.62. The molecule has 1 saturated heterocycles. The molecule has 2 aromatic rings. The quantitative estimate of drug-likeness (QED) is 0.677. The van der Waals surface area contributed by atoms with Gasteiger partial charge in [-0.05, 0) is 25.1 Å². The molecule has 1 fully saturated rings. The van der Waals surface area contributed by atoms with Crippen LogP contribution in [0.2, 0.25) is 0 Å². The summed E-state index contributed by atoms with van der Waals surface area (Å²) in [6.45, 7) is 1.67. The molecule has 0 spiro atoms. The van der Waals surface area contributed by atoms with Crippen molar-refractivity contribution in [2.75, 3.05) is 4.90 Å². The predicted octanol–water partition coefficient (Wildman–Crippen LogP) is 2.68. The Hall–Kier alpha value is -2.81. The minimum absolute atomic E-state index is 0.435. The van der Waals surface area contributed by atoms with Crippen LogP contribution in [0.15, 0.2) is 54.6 Å². The normalized spacial score (nSPS) is 27.5. The molecule has 2 aliphatic rings. The molecule has 2 heterocycles. The fourth-order valence-electron chi connectivity index (χ4n) is 3.56. The van der Waals surface area contributed by atoms with E-state index in [1.54, 1.807) is 37.3 Å². The number of hydrogen-bond donors (Lipinski definition) is 1. The molecule has 4 atom stereocenters. The monoisotopic (exact) mass is 335 g/mol. The molecule has 25 heavy (non-hydrogen) atoms. The average Bonchev–Trinajstić information content (AvgIpc) is 3.38. The molecule has 4 unspecified atom stereocenters. The van der Waals surface area contributed by atoms with Crippen molar-refractivity contribution in [1.82, 2.24) is 0 Å². The van der Waals surface area contributed by atoms with Gasteiger partial charge >= 0.3 is 6.09 Å². The van der Waals surface area contributed by atoms with Gasteiger partial charge in [0.25, 0.3) is 0 Å². The lowest BCUT2D eigenvalue weighted by Crippen LogP contribution is -2.51. The SMILES string of the molecule is C#CC1C2OC2(C(C)O)c2ccccc2N1C(=O)Oc1ccccc1. The van der Waals surface area contributed by atoms with Crippen molar-refractivity contribution in [1.29, 1.82) is 0 Å². The molecule has 1 N–H and O–H groups in total. The van der Waals surface area contributed by atoms with Crippen molar-refractivity contribution in [3.05, 3.63) is 60.2 Å². The maximum atomic E-state index is 12.8. The molecule has 126 valence electrons. The molecule has 4 rings (SSSR count). The second-order valence-electron chi connectivity index (χ2n) is 6.19. The first-order valence-corrected chi connectivity index (χ1v) is 8.07. The average molecular weight is 335 g/mol. The van der Waals surface area contributed by atoms with Gasteiger partial charge in [-0.3, -0.25) is 4.90 Å². The number of epoxide rings is 1. The van der Waals surface area contributed by atoms with E-state index >= 15 is 0 Å². The molecule has 0 aromatic heterocycles. The van der Waals surface area contributed by atoms with E-state index in [0.29, 0.717) is 11.4 Å². The molecule has 0 bridgehead atoms. The molecule has 0 aliphatic carbocycles. The van der Waals surface area contributed by atoms with Crippen LogP contribution in [0, 0.1) is 12.3 Å². The predicted molar refractivity (Wildman–Crippen MR) is 92.2 cm³/mol. The number of para-hydroxylation sites is 2. The summed E-state index contributed by atoms with van der Waals surface area (Å²) >= 11 is 0. The third-order valence-corrected chi connectivity index (χ3v) is 4.77. The first-order valence-electron chi connectivity index (χ1n) is 8.07. The number of anilines is 1. The number of ether oxygens (including phenoxy) is 2. The van der Waals surface area contributed by atoms with Gasteiger partial charge in [-0.25, -0.2) is 4.79 Å². The van der Waals surface area contributed by atoms with Gasteiger partial charge in [0.05, 0.1) is 11.8 Å². The molecule has 5 nitrogen and oxygen atoms in total. The Bertz CT molecular complexity index is 857. The minimum atomic E-state index is -0.864. The topological polar surface area (TPSA) is 62.3 Å². The van der Waals surface area contributed by atoms with Gasteiger partial charge in [0.1, 0.15) is 17.9 Å². The van der Waals surface area contributed by atoms with Crippen LogP contribution in [-0.4, -0.2) is 29.4 Å². The van der Waals surface area contributed by atoms with Crippen LogP contribution in [0.1, 0.15) is 12.5 Å². The Morgan fingerprint density at radius 3 is 2.64 bits per heavy atom. The van der Waals surface area contributed by atoms with E-state index in [9.17, 15) is 9.90 Å². The molecule has 0 saturated carbocycles. The highest BCUT2D eigenvalue weighted by atomic mass is 16.6.